The van der Waals surface area contributed by atoms with E-state index in [1.807, 2.05) is 0 Å². The maximum atomic E-state index is 11.1. The van der Waals surface area contributed by atoms with Crippen molar-refractivity contribution in [2.45, 2.75) is 13.0 Å². The van der Waals surface area contributed by atoms with E-state index in [-0.39, 0.29) is 11.5 Å². The number of carbonyl (C=O) groups excluding carboxylic acids is 1. The summed E-state index contributed by atoms with van der Waals surface area (Å²) in [7, 11) is 1.19. The maximum absolute atomic E-state index is 11.1. The number of benzene rings is 1. The first-order chi connectivity index (χ1) is 7.60. The zero-order valence-corrected chi connectivity index (χ0v) is 9.14. The first-order valence-electron chi connectivity index (χ1n) is 4.81. The van der Waals surface area contributed by atoms with Gasteiger partial charge in [0.25, 0.3) is 0 Å². The molecule has 0 heterocycles. The van der Waals surface area contributed by atoms with Crippen LogP contribution < -0.4 is 4.74 Å². The summed E-state index contributed by atoms with van der Waals surface area (Å²) < 4.78 is 9.53. The Morgan fingerprint density at radius 2 is 2.19 bits per heavy atom. The van der Waals surface area contributed by atoms with E-state index in [1.165, 1.54) is 25.3 Å². The van der Waals surface area contributed by atoms with Crippen molar-refractivity contribution in [1.82, 2.24) is 0 Å². The van der Waals surface area contributed by atoms with Gasteiger partial charge in [0.05, 0.1) is 13.7 Å². The molecule has 0 fully saturated rings. The van der Waals surface area contributed by atoms with E-state index in [0.29, 0.717) is 12.2 Å². The Hall–Kier alpha value is -1.75. The van der Waals surface area contributed by atoms with Crippen LogP contribution >= 0.6 is 0 Å². The zero-order valence-electron chi connectivity index (χ0n) is 9.14. The van der Waals surface area contributed by atoms with Gasteiger partial charge in [0, 0.05) is 0 Å². The third kappa shape index (κ3) is 2.64. The summed E-state index contributed by atoms with van der Waals surface area (Å²) in [6.45, 7) is 2.15. The van der Waals surface area contributed by atoms with Crippen molar-refractivity contribution in [2.75, 3.05) is 13.7 Å². The molecule has 2 N–H and O–H groups in total. The number of ether oxygens (including phenoxy) is 2. The third-order valence-corrected chi connectivity index (χ3v) is 2.02. The molecule has 0 amide bonds. The van der Waals surface area contributed by atoms with Crippen molar-refractivity contribution in [3.05, 3.63) is 23.8 Å². The predicted octanol–water partition coefficient (Wildman–Crippen LogP) is 0.997. The molecule has 0 aliphatic rings. The molecular formula is C11H14O5. The molecule has 0 aliphatic carbocycles. The van der Waals surface area contributed by atoms with Crippen molar-refractivity contribution in [2.24, 2.45) is 0 Å². The molecule has 0 aromatic heterocycles. The van der Waals surface area contributed by atoms with Crippen LogP contribution in [0.15, 0.2) is 18.2 Å². The molecule has 0 spiro atoms. The number of methoxy groups -OCH3 is 1. The van der Waals surface area contributed by atoms with Crippen LogP contribution in [0.2, 0.25) is 0 Å². The Morgan fingerprint density at radius 3 is 2.75 bits per heavy atom. The minimum atomic E-state index is -1.37. The number of phenolic OH excluding ortho intramolecular Hbond substituents is 1. The molecule has 0 aliphatic heterocycles. The van der Waals surface area contributed by atoms with Gasteiger partial charge in [-0.05, 0) is 24.6 Å². The molecule has 0 radical (unpaired) electrons. The van der Waals surface area contributed by atoms with Crippen LogP contribution in [0.5, 0.6) is 11.5 Å². The van der Waals surface area contributed by atoms with Gasteiger partial charge in [-0.2, -0.15) is 0 Å². The molecule has 5 nitrogen and oxygen atoms in total. The lowest BCUT2D eigenvalue weighted by atomic mass is 10.1. The zero-order chi connectivity index (χ0) is 12.1. The van der Waals surface area contributed by atoms with Gasteiger partial charge in [0.15, 0.2) is 17.6 Å². The van der Waals surface area contributed by atoms with Gasteiger partial charge in [-0.3, -0.25) is 0 Å². The summed E-state index contributed by atoms with van der Waals surface area (Å²) in [5.41, 5.74) is 0.313. The minimum Gasteiger partial charge on any atom is -0.504 e. The average Bonchev–Trinajstić information content (AvgIpc) is 2.30. The summed E-state index contributed by atoms with van der Waals surface area (Å²) in [5, 5.41) is 19.0. The molecule has 0 saturated carbocycles. The monoisotopic (exact) mass is 226 g/mol. The summed E-state index contributed by atoms with van der Waals surface area (Å²) in [4.78, 5) is 11.1. The van der Waals surface area contributed by atoms with Crippen LogP contribution in [-0.2, 0) is 9.53 Å². The molecule has 1 rings (SSSR count). The van der Waals surface area contributed by atoms with E-state index >= 15 is 0 Å². The van der Waals surface area contributed by atoms with E-state index in [2.05, 4.69) is 4.74 Å². The Balaban J connectivity index is 2.97. The lowest BCUT2D eigenvalue weighted by molar-refractivity contribution is -0.150. The summed E-state index contributed by atoms with van der Waals surface area (Å²) in [5.74, 6) is -0.571. The number of aliphatic hydroxyl groups excluding tert-OH is 1. The van der Waals surface area contributed by atoms with E-state index in [4.69, 9.17) is 4.74 Å². The Kier molecular flexibility index (Phi) is 4.13. The molecule has 88 valence electrons. The second-order valence-electron chi connectivity index (χ2n) is 3.09. The van der Waals surface area contributed by atoms with Crippen LogP contribution in [0, 0.1) is 0 Å². The topological polar surface area (TPSA) is 76.0 Å². The van der Waals surface area contributed by atoms with Crippen molar-refractivity contribution in [3.8, 4) is 11.5 Å². The number of hydrogen-bond donors (Lipinski definition) is 2. The highest BCUT2D eigenvalue weighted by molar-refractivity contribution is 5.76. The highest BCUT2D eigenvalue weighted by Gasteiger charge is 2.19. The summed E-state index contributed by atoms with van der Waals surface area (Å²) in [6.07, 6.45) is -1.37. The van der Waals surface area contributed by atoms with Gasteiger partial charge in [0.1, 0.15) is 0 Å². The molecule has 0 saturated heterocycles. The quantitative estimate of drug-likeness (QED) is 0.749. The Morgan fingerprint density at radius 1 is 1.50 bits per heavy atom. The van der Waals surface area contributed by atoms with Crippen molar-refractivity contribution in [3.63, 3.8) is 0 Å². The van der Waals surface area contributed by atoms with Gasteiger partial charge in [-0.15, -0.1) is 0 Å². The van der Waals surface area contributed by atoms with Crippen LogP contribution in [0.3, 0.4) is 0 Å². The van der Waals surface area contributed by atoms with Gasteiger partial charge >= 0.3 is 5.97 Å². The van der Waals surface area contributed by atoms with Gasteiger partial charge in [-0.25, -0.2) is 4.79 Å². The lowest BCUT2D eigenvalue weighted by Crippen LogP contribution is -2.13. The van der Waals surface area contributed by atoms with Crippen molar-refractivity contribution < 1.29 is 24.5 Å². The first kappa shape index (κ1) is 12.3. The largest absolute Gasteiger partial charge is 0.504 e. The van der Waals surface area contributed by atoms with E-state index in [9.17, 15) is 15.0 Å². The van der Waals surface area contributed by atoms with Gasteiger partial charge in [0.2, 0.25) is 0 Å². The predicted molar refractivity (Wildman–Crippen MR) is 56.3 cm³/mol. The van der Waals surface area contributed by atoms with Gasteiger partial charge in [-0.1, -0.05) is 6.07 Å². The second kappa shape index (κ2) is 5.37. The number of aliphatic hydroxyl groups is 1. The van der Waals surface area contributed by atoms with Crippen LogP contribution in [0.4, 0.5) is 0 Å². The number of hydrogen-bond acceptors (Lipinski definition) is 5. The normalized spacial score (nSPS) is 11.9. The summed E-state index contributed by atoms with van der Waals surface area (Å²) in [6, 6.07) is 4.19. The van der Waals surface area contributed by atoms with E-state index in [0.717, 1.165) is 0 Å². The fourth-order valence-electron chi connectivity index (χ4n) is 1.22. The number of phenols is 1. The lowest BCUT2D eigenvalue weighted by Gasteiger charge is -2.11. The van der Waals surface area contributed by atoms with E-state index in [1.54, 1.807) is 6.92 Å². The molecule has 0 bridgehead atoms. The average molecular weight is 226 g/mol. The van der Waals surface area contributed by atoms with Crippen molar-refractivity contribution in [1.29, 1.82) is 0 Å². The first-order valence-corrected chi connectivity index (χ1v) is 4.81. The number of carbonyl (C=O) groups is 1. The molecule has 1 aromatic carbocycles. The maximum Gasteiger partial charge on any atom is 0.339 e. The van der Waals surface area contributed by atoms with Crippen molar-refractivity contribution >= 4 is 5.97 Å². The van der Waals surface area contributed by atoms with Crippen LogP contribution in [0.1, 0.15) is 18.6 Å². The fourth-order valence-corrected chi connectivity index (χ4v) is 1.22. The molecule has 1 atom stereocenters. The van der Waals surface area contributed by atoms with Gasteiger partial charge < -0.3 is 19.7 Å². The molecular weight excluding hydrogens is 212 g/mol. The third-order valence-electron chi connectivity index (χ3n) is 2.02. The standard InChI is InChI=1S/C11H14O5/c1-3-16-9-6-7(4-5-8(9)12)10(13)11(14)15-2/h4-6,10,12-13H,3H2,1-2H3. The second-order valence-corrected chi connectivity index (χ2v) is 3.09. The minimum absolute atomic E-state index is 0.0392. The number of rotatable bonds is 4. The molecule has 1 aromatic rings. The highest BCUT2D eigenvalue weighted by Crippen LogP contribution is 2.29. The van der Waals surface area contributed by atoms with E-state index < -0.39 is 12.1 Å². The SMILES string of the molecule is CCOc1cc(C(O)C(=O)OC)ccc1O. The fraction of sp³-hybridized carbons (Fsp3) is 0.364. The number of esters is 1. The smallest absolute Gasteiger partial charge is 0.339 e. The van der Waals surface area contributed by atoms with Crippen LogP contribution in [-0.4, -0.2) is 29.9 Å². The molecule has 5 heteroatoms. The molecule has 16 heavy (non-hydrogen) atoms. The van der Waals surface area contributed by atoms with Crippen LogP contribution in [0.25, 0.3) is 0 Å². The summed E-state index contributed by atoms with van der Waals surface area (Å²) >= 11 is 0. The Labute approximate surface area is 93.2 Å². The number of aromatic hydroxyl groups is 1. The highest BCUT2D eigenvalue weighted by atomic mass is 16.5. The molecule has 1 unspecified atom stereocenters. The Bertz CT molecular complexity index is 375.